The Morgan fingerprint density at radius 2 is 1.60 bits per heavy atom. The number of rotatable bonds is 6. The molecule has 0 saturated carbocycles. The molecule has 184 valence electrons. The number of nitro benzene ring substituents is 2. The minimum atomic E-state index is -0.832. The maximum Gasteiger partial charge on any atom is 0.409 e. The third kappa shape index (κ3) is 5.51. The molecule has 1 aliphatic rings. The number of ether oxygens (including phenoxy) is 1. The number of benzene rings is 2. The smallest absolute Gasteiger partial charge is 0.409 e. The monoisotopic (exact) mass is 485 g/mol. The van der Waals surface area contributed by atoms with E-state index in [0.29, 0.717) is 0 Å². The van der Waals surface area contributed by atoms with E-state index in [4.69, 9.17) is 4.74 Å². The van der Waals surface area contributed by atoms with Crippen molar-refractivity contribution in [3.8, 4) is 0 Å². The molecule has 2 aromatic rings. The zero-order chi connectivity index (χ0) is 25.7. The van der Waals surface area contributed by atoms with Gasteiger partial charge in [0, 0.05) is 37.8 Å². The van der Waals surface area contributed by atoms with Gasteiger partial charge in [-0.05, 0) is 26.0 Å². The number of hydrogen-bond acceptors (Lipinski definition) is 8. The van der Waals surface area contributed by atoms with Crippen molar-refractivity contribution in [2.24, 2.45) is 0 Å². The maximum atomic E-state index is 13.2. The predicted molar refractivity (Wildman–Crippen MR) is 123 cm³/mol. The summed E-state index contributed by atoms with van der Waals surface area (Å²) in [6.07, 6.45) is -0.450. The van der Waals surface area contributed by atoms with Crippen molar-refractivity contribution >= 4 is 35.0 Å². The van der Waals surface area contributed by atoms with Crippen molar-refractivity contribution < 1.29 is 29.0 Å². The van der Waals surface area contributed by atoms with Crippen LogP contribution in [0.4, 0.5) is 21.9 Å². The van der Waals surface area contributed by atoms with Gasteiger partial charge < -0.3 is 19.9 Å². The average molecular weight is 485 g/mol. The lowest BCUT2D eigenvalue weighted by Gasteiger charge is -2.34. The molecule has 1 aliphatic heterocycles. The van der Waals surface area contributed by atoms with Gasteiger partial charge in [-0.25, -0.2) is 4.79 Å². The van der Waals surface area contributed by atoms with Crippen LogP contribution in [0.3, 0.4) is 0 Å². The van der Waals surface area contributed by atoms with Crippen LogP contribution in [0.15, 0.2) is 36.4 Å². The summed E-state index contributed by atoms with van der Waals surface area (Å²) in [5, 5.41) is 25.1. The molecule has 13 nitrogen and oxygen atoms in total. The van der Waals surface area contributed by atoms with Crippen molar-refractivity contribution in [2.75, 3.05) is 38.1 Å². The van der Waals surface area contributed by atoms with Crippen LogP contribution in [-0.2, 0) is 4.74 Å². The van der Waals surface area contributed by atoms with E-state index in [0.717, 1.165) is 12.1 Å². The van der Waals surface area contributed by atoms with Gasteiger partial charge in [0.25, 0.3) is 23.2 Å². The molecule has 1 N–H and O–H groups in total. The van der Waals surface area contributed by atoms with Crippen LogP contribution in [0.25, 0.3) is 0 Å². The van der Waals surface area contributed by atoms with Crippen LogP contribution >= 0.6 is 0 Å². The molecule has 1 fully saturated rings. The van der Waals surface area contributed by atoms with Gasteiger partial charge in [0.05, 0.1) is 39.3 Å². The number of nitrogens with zero attached hydrogens (tertiary/aromatic N) is 4. The molecule has 0 bridgehead atoms. The van der Waals surface area contributed by atoms with E-state index in [1.165, 1.54) is 28.9 Å². The zero-order valence-corrected chi connectivity index (χ0v) is 19.1. The highest BCUT2D eigenvalue weighted by molar-refractivity contribution is 6.10. The molecule has 0 atom stereocenters. The number of nitro groups is 2. The van der Waals surface area contributed by atoms with Gasteiger partial charge in [-0.1, -0.05) is 12.1 Å². The summed E-state index contributed by atoms with van der Waals surface area (Å²) in [6, 6.07) is 7.95. The van der Waals surface area contributed by atoms with Crippen molar-refractivity contribution in [1.29, 1.82) is 0 Å². The summed E-state index contributed by atoms with van der Waals surface area (Å²) in [7, 11) is 0. The van der Waals surface area contributed by atoms with E-state index in [1.54, 1.807) is 19.1 Å². The van der Waals surface area contributed by atoms with Gasteiger partial charge in [0.2, 0.25) is 0 Å². The number of carbonyl (C=O) groups excluding carboxylic acids is 3. The zero-order valence-electron chi connectivity index (χ0n) is 19.1. The van der Waals surface area contributed by atoms with E-state index in [-0.39, 0.29) is 61.1 Å². The highest BCUT2D eigenvalue weighted by atomic mass is 16.6. The number of carbonyl (C=O) groups is 3. The molecule has 1 heterocycles. The number of nitrogens with one attached hydrogen (secondary N) is 1. The number of hydrogen-bond donors (Lipinski definition) is 1. The fourth-order valence-corrected chi connectivity index (χ4v) is 3.66. The first-order chi connectivity index (χ1) is 16.6. The average Bonchev–Trinajstić information content (AvgIpc) is 2.84. The molecule has 13 heteroatoms. The Bertz CT molecular complexity index is 1190. The van der Waals surface area contributed by atoms with Gasteiger partial charge >= 0.3 is 6.09 Å². The van der Waals surface area contributed by atoms with Crippen molar-refractivity contribution in [3.05, 3.63) is 73.3 Å². The van der Waals surface area contributed by atoms with Gasteiger partial charge in [-0.3, -0.25) is 29.8 Å². The molecule has 0 aromatic heterocycles. The predicted octanol–water partition coefficient (Wildman–Crippen LogP) is 2.98. The van der Waals surface area contributed by atoms with Crippen LogP contribution in [-0.4, -0.2) is 70.3 Å². The summed E-state index contributed by atoms with van der Waals surface area (Å²) in [4.78, 5) is 62.0. The fourth-order valence-electron chi connectivity index (χ4n) is 3.66. The van der Waals surface area contributed by atoms with Crippen LogP contribution in [0.1, 0.15) is 33.2 Å². The number of non-ortho nitro benzene ring substituents is 1. The van der Waals surface area contributed by atoms with E-state index in [9.17, 15) is 34.6 Å². The first kappa shape index (κ1) is 25.1. The standard InChI is InChI=1S/C22H23N5O8/c1-3-35-22(30)25-10-8-24(9-11-25)21(29)16-6-4-5-7-18(16)23-20(28)17-12-15(26(31)32)13-19(14(17)2)27(33)34/h4-7,12-13H,3,8-11H2,1-2H3,(H,23,28). The second-order valence-electron chi connectivity index (χ2n) is 7.63. The Morgan fingerprint density at radius 3 is 2.20 bits per heavy atom. The number of para-hydroxylation sites is 1. The lowest BCUT2D eigenvalue weighted by molar-refractivity contribution is -0.394. The minimum Gasteiger partial charge on any atom is -0.450 e. The molecule has 3 rings (SSSR count). The lowest BCUT2D eigenvalue weighted by atomic mass is 10.0. The third-order valence-electron chi connectivity index (χ3n) is 5.52. The van der Waals surface area contributed by atoms with E-state index >= 15 is 0 Å². The fraction of sp³-hybridized carbons (Fsp3) is 0.318. The van der Waals surface area contributed by atoms with Gasteiger partial charge in [0.1, 0.15) is 0 Å². The van der Waals surface area contributed by atoms with Gasteiger partial charge in [0.15, 0.2) is 0 Å². The second-order valence-corrected chi connectivity index (χ2v) is 7.63. The van der Waals surface area contributed by atoms with Crippen molar-refractivity contribution in [2.45, 2.75) is 13.8 Å². The van der Waals surface area contributed by atoms with Crippen molar-refractivity contribution in [1.82, 2.24) is 9.80 Å². The highest BCUT2D eigenvalue weighted by Crippen LogP contribution is 2.29. The second kappa shape index (κ2) is 10.6. The third-order valence-corrected chi connectivity index (χ3v) is 5.52. The van der Waals surface area contributed by atoms with E-state index < -0.39 is 33.2 Å². The Hall–Kier alpha value is -4.55. The summed E-state index contributed by atoms with van der Waals surface area (Å²) >= 11 is 0. The summed E-state index contributed by atoms with van der Waals surface area (Å²) in [5.74, 6) is -1.21. The molecule has 3 amide bonds. The van der Waals surface area contributed by atoms with Gasteiger partial charge in [-0.2, -0.15) is 0 Å². The molecule has 35 heavy (non-hydrogen) atoms. The molecule has 0 radical (unpaired) electrons. The molecule has 0 spiro atoms. The Labute approximate surface area is 199 Å². The van der Waals surface area contributed by atoms with E-state index in [2.05, 4.69) is 5.32 Å². The molecule has 0 unspecified atom stereocenters. The summed E-state index contributed by atoms with van der Waals surface area (Å²) in [6.45, 7) is 4.36. The normalized spacial score (nSPS) is 13.2. The maximum absolute atomic E-state index is 13.2. The Balaban J connectivity index is 1.82. The SMILES string of the molecule is CCOC(=O)N1CCN(C(=O)c2ccccc2NC(=O)c2cc([N+](=O)[O-])cc([N+](=O)[O-])c2C)CC1. The number of amides is 3. The van der Waals surface area contributed by atoms with E-state index in [1.807, 2.05) is 0 Å². The quantitative estimate of drug-likeness (QED) is 0.482. The summed E-state index contributed by atoms with van der Waals surface area (Å²) < 4.78 is 4.97. The van der Waals surface area contributed by atoms with Crippen LogP contribution in [0.2, 0.25) is 0 Å². The summed E-state index contributed by atoms with van der Waals surface area (Å²) in [5.41, 5.74) is -1.15. The van der Waals surface area contributed by atoms with Crippen LogP contribution in [0.5, 0.6) is 0 Å². The first-order valence-electron chi connectivity index (χ1n) is 10.7. The van der Waals surface area contributed by atoms with Crippen LogP contribution < -0.4 is 5.32 Å². The number of piperazine rings is 1. The molecular weight excluding hydrogens is 462 g/mol. The van der Waals surface area contributed by atoms with Crippen LogP contribution in [0, 0.1) is 27.2 Å². The minimum absolute atomic E-state index is 0.0444. The topological polar surface area (TPSA) is 165 Å². The molecule has 1 saturated heterocycles. The lowest BCUT2D eigenvalue weighted by Crippen LogP contribution is -2.50. The van der Waals surface area contributed by atoms with Gasteiger partial charge in [-0.15, -0.1) is 0 Å². The Kier molecular flexibility index (Phi) is 7.59. The molecule has 0 aliphatic carbocycles. The molecular formula is C22H23N5O8. The number of anilines is 1. The molecule has 2 aromatic carbocycles. The highest BCUT2D eigenvalue weighted by Gasteiger charge is 2.28. The largest absolute Gasteiger partial charge is 0.450 e. The van der Waals surface area contributed by atoms with Crippen molar-refractivity contribution in [3.63, 3.8) is 0 Å². The Morgan fingerprint density at radius 1 is 0.971 bits per heavy atom. The first-order valence-corrected chi connectivity index (χ1v) is 10.7.